The lowest BCUT2D eigenvalue weighted by Crippen LogP contribution is -2.56. The highest BCUT2D eigenvalue weighted by Crippen LogP contribution is 2.66. The van der Waals surface area contributed by atoms with Gasteiger partial charge in [-0.25, -0.2) is 0 Å². The highest BCUT2D eigenvalue weighted by molar-refractivity contribution is 5.91. The molecule has 0 bridgehead atoms. The molecule has 0 radical (unpaired) electrons. The standard InChI is InChI=1S/C21H30O3/c1-12(22)16-6-7-17-15-5-4-13-10-14(23)8-9-20(13,2)19(15)18(24)11-21(16,17)3/h10,15-19,24H,4-9,11H2,1-3H3/t15-,16?,17-,18+,19?,20-,21+/m0/s1. The highest BCUT2D eigenvalue weighted by atomic mass is 16.3. The largest absolute Gasteiger partial charge is 0.393 e. The molecule has 3 fully saturated rings. The molecule has 0 aromatic heterocycles. The third-order valence-electron chi connectivity index (χ3n) is 8.38. The van der Waals surface area contributed by atoms with Crippen LogP contribution in [-0.4, -0.2) is 22.8 Å². The van der Waals surface area contributed by atoms with E-state index in [1.54, 1.807) is 6.92 Å². The second-order valence-corrected chi connectivity index (χ2v) is 9.41. The van der Waals surface area contributed by atoms with Crippen molar-refractivity contribution in [2.45, 2.75) is 71.8 Å². The Morgan fingerprint density at radius 1 is 1.21 bits per heavy atom. The van der Waals surface area contributed by atoms with Crippen LogP contribution < -0.4 is 0 Å². The van der Waals surface area contributed by atoms with Crippen molar-refractivity contribution in [1.29, 1.82) is 0 Å². The van der Waals surface area contributed by atoms with Crippen molar-refractivity contribution >= 4 is 11.6 Å². The van der Waals surface area contributed by atoms with Gasteiger partial charge in [-0.15, -0.1) is 0 Å². The lowest BCUT2D eigenvalue weighted by molar-refractivity contribution is -0.143. The zero-order valence-corrected chi connectivity index (χ0v) is 15.2. The number of carbonyl (C=O) groups excluding carboxylic acids is 2. The molecule has 0 spiro atoms. The molecule has 132 valence electrons. The first kappa shape index (κ1) is 16.5. The van der Waals surface area contributed by atoms with E-state index in [9.17, 15) is 14.7 Å². The van der Waals surface area contributed by atoms with Crippen molar-refractivity contribution in [3.05, 3.63) is 11.6 Å². The number of rotatable bonds is 1. The Morgan fingerprint density at radius 2 is 1.96 bits per heavy atom. The van der Waals surface area contributed by atoms with Gasteiger partial charge in [0.15, 0.2) is 5.78 Å². The summed E-state index contributed by atoms with van der Waals surface area (Å²) in [6.45, 7) is 6.27. The summed E-state index contributed by atoms with van der Waals surface area (Å²) in [5.41, 5.74) is 1.23. The van der Waals surface area contributed by atoms with Gasteiger partial charge in [0.1, 0.15) is 5.78 Å². The number of ketones is 2. The molecule has 4 aliphatic carbocycles. The van der Waals surface area contributed by atoms with E-state index in [0.717, 1.165) is 38.5 Å². The number of aliphatic hydroxyl groups is 1. The first-order valence-corrected chi connectivity index (χ1v) is 9.70. The minimum Gasteiger partial charge on any atom is -0.393 e. The van der Waals surface area contributed by atoms with Crippen LogP contribution >= 0.6 is 0 Å². The van der Waals surface area contributed by atoms with E-state index < -0.39 is 0 Å². The molecular weight excluding hydrogens is 300 g/mol. The molecule has 4 rings (SSSR count). The van der Waals surface area contributed by atoms with Crippen LogP contribution in [0.5, 0.6) is 0 Å². The van der Waals surface area contributed by atoms with Gasteiger partial charge < -0.3 is 5.11 Å². The monoisotopic (exact) mass is 330 g/mol. The summed E-state index contributed by atoms with van der Waals surface area (Å²) in [5.74, 6) is 1.99. The second kappa shape index (κ2) is 5.27. The molecule has 3 nitrogen and oxygen atoms in total. The van der Waals surface area contributed by atoms with Crippen LogP contribution in [0.1, 0.15) is 65.7 Å². The summed E-state index contributed by atoms with van der Waals surface area (Å²) >= 11 is 0. The quantitative estimate of drug-likeness (QED) is 0.797. The fourth-order valence-electron chi connectivity index (χ4n) is 7.35. The molecule has 3 saturated carbocycles. The molecule has 2 unspecified atom stereocenters. The Bertz CT molecular complexity index is 621. The van der Waals surface area contributed by atoms with Gasteiger partial charge in [-0.2, -0.15) is 0 Å². The Morgan fingerprint density at radius 3 is 2.67 bits per heavy atom. The van der Waals surface area contributed by atoms with Crippen molar-refractivity contribution in [3.8, 4) is 0 Å². The first-order valence-electron chi connectivity index (χ1n) is 9.70. The zero-order valence-electron chi connectivity index (χ0n) is 15.2. The number of fused-ring (bicyclic) bond motifs is 5. The van der Waals surface area contributed by atoms with E-state index in [1.165, 1.54) is 5.57 Å². The van der Waals surface area contributed by atoms with Crippen molar-refractivity contribution in [1.82, 2.24) is 0 Å². The Kier molecular flexibility index (Phi) is 3.62. The molecule has 0 saturated heterocycles. The lowest BCUT2D eigenvalue weighted by atomic mass is 9.46. The maximum atomic E-state index is 12.2. The number of carbonyl (C=O) groups is 2. The molecule has 4 aliphatic rings. The molecule has 0 aliphatic heterocycles. The zero-order chi connectivity index (χ0) is 17.3. The fraction of sp³-hybridized carbons (Fsp3) is 0.810. The molecule has 0 amide bonds. The topological polar surface area (TPSA) is 54.4 Å². The summed E-state index contributed by atoms with van der Waals surface area (Å²) in [6, 6.07) is 0. The Hall–Kier alpha value is -0.960. The maximum Gasteiger partial charge on any atom is 0.155 e. The molecule has 0 heterocycles. The number of Topliss-reactive ketones (excluding diaryl/α,β-unsaturated/α-hetero) is 1. The third kappa shape index (κ3) is 2.06. The lowest BCUT2D eigenvalue weighted by Gasteiger charge is -2.59. The van der Waals surface area contributed by atoms with Crippen LogP contribution in [0.4, 0.5) is 0 Å². The van der Waals surface area contributed by atoms with E-state index in [-0.39, 0.29) is 34.6 Å². The second-order valence-electron chi connectivity index (χ2n) is 9.41. The van der Waals surface area contributed by atoms with Gasteiger partial charge in [-0.1, -0.05) is 19.4 Å². The van der Waals surface area contributed by atoms with Gasteiger partial charge in [0.25, 0.3) is 0 Å². The average Bonchev–Trinajstić information content (AvgIpc) is 2.84. The van der Waals surface area contributed by atoms with E-state index in [1.807, 2.05) is 6.08 Å². The van der Waals surface area contributed by atoms with Crippen molar-refractivity contribution < 1.29 is 14.7 Å². The molecule has 1 N–H and O–H groups in total. The van der Waals surface area contributed by atoms with Crippen LogP contribution in [-0.2, 0) is 9.59 Å². The third-order valence-corrected chi connectivity index (χ3v) is 8.38. The van der Waals surface area contributed by atoms with Crippen molar-refractivity contribution in [2.24, 2.45) is 34.5 Å². The number of aliphatic hydroxyl groups excluding tert-OH is 1. The van der Waals surface area contributed by atoms with Gasteiger partial charge >= 0.3 is 0 Å². The molecule has 0 aromatic carbocycles. The van der Waals surface area contributed by atoms with Gasteiger partial charge in [-0.3, -0.25) is 9.59 Å². The molecule has 0 aromatic rings. The van der Waals surface area contributed by atoms with Gasteiger partial charge in [0, 0.05) is 12.3 Å². The van der Waals surface area contributed by atoms with Crippen LogP contribution in [0.25, 0.3) is 0 Å². The van der Waals surface area contributed by atoms with Crippen LogP contribution in [0.3, 0.4) is 0 Å². The highest BCUT2D eigenvalue weighted by Gasteiger charge is 2.62. The molecular formula is C21H30O3. The predicted octanol–water partition coefficient (Wildman–Crippen LogP) is 3.69. The minimum absolute atomic E-state index is 0.0219. The first-order chi connectivity index (χ1) is 11.3. The smallest absolute Gasteiger partial charge is 0.155 e. The normalized spacial score (nSPS) is 50.6. The summed E-state index contributed by atoms with van der Waals surface area (Å²) in [7, 11) is 0. The van der Waals surface area contributed by atoms with Crippen LogP contribution in [0.15, 0.2) is 11.6 Å². The summed E-state index contributed by atoms with van der Waals surface area (Å²) in [4.78, 5) is 24.0. The van der Waals surface area contributed by atoms with Gasteiger partial charge in [0.2, 0.25) is 0 Å². The Labute approximate surface area is 144 Å². The predicted molar refractivity (Wildman–Crippen MR) is 92.3 cm³/mol. The van der Waals surface area contributed by atoms with Crippen LogP contribution in [0.2, 0.25) is 0 Å². The molecule has 7 atom stereocenters. The van der Waals surface area contributed by atoms with Crippen molar-refractivity contribution in [2.75, 3.05) is 0 Å². The average molecular weight is 330 g/mol. The van der Waals surface area contributed by atoms with E-state index >= 15 is 0 Å². The van der Waals surface area contributed by atoms with E-state index in [4.69, 9.17) is 0 Å². The summed E-state index contributed by atoms with van der Waals surface area (Å²) < 4.78 is 0. The Balaban J connectivity index is 1.72. The number of hydrogen-bond acceptors (Lipinski definition) is 3. The van der Waals surface area contributed by atoms with Crippen molar-refractivity contribution in [3.63, 3.8) is 0 Å². The molecule has 24 heavy (non-hydrogen) atoms. The van der Waals surface area contributed by atoms with E-state index in [0.29, 0.717) is 24.0 Å². The SMILES string of the molecule is CC(=O)C1CC[C@H]2[C@@H]3CCC4=CC(=O)CC[C@]4(C)C3[C@H](O)C[C@]12C. The fourth-order valence-corrected chi connectivity index (χ4v) is 7.35. The van der Waals surface area contributed by atoms with E-state index in [2.05, 4.69) is 13.8 Å². The molecule has 3 heteroatoms. The maximum absolute atomic E-state index is 12.2. The number of hydrogen-bond donors (Lipinski definition) is 1. The van der Waals surface area contributed by atoms with Gasteiger partial charge in [-0.05, 0) is 80.1 Å². The summed E-state index contributed by atoms with van der Waals surface area (Å²) in [5, 5.41) is 11.2. The number of allylic oxidation sites excluding steroid dienone is 1. The van der Waals surface area contributed by atoms with Crippen LogP contribution in [0, 0.1) is 34.5 Å². The minimum atomic E-state index is -0.349. The van der Waals surface area contributed by atoms with Gasteiger partial charge in [0.05, 0.1) is 6.10 Å². The summed E-state index contributed by atoms with van der Waals surface area (Å²) in [6.07, 6.45) is 7.97.